The summed E-state index contributed by atoms with van der Waals surface area (Å²) >= 11 is 0. The van der Waals surface area contributed by atoms with Crippen LogP contribution in [-0.4, -0.2) is 41.9 Å². The van der Waals surface area contributed by atoms with Crippen LogP contribution in [0.5, 0.6) is 0 Å². The van der Waals surface area contributed by atoms with Gasteiger partial charge in [-0.25, -0.2) is 15.0 Å². The van der Waals surface area contributed by atoms with E-state index in [1.165, 1.54) is 6.33 Å². The fraction of sp³-hybridized carbons (Fsp3) is 0.500. The van der Waals surface area contributed by atoms with Crippen molar-refractivity contribution in [3.8, 4) is 0 Å². The van der Waals surface area contributed by atoms with Crippen molar-refractivity contribution >= 4 is 17.0 Å². The lowest BCUT2D eigenvalue weighted by atomic mass is 10.2. The number of nitrogens with zero attached hydrogens (tertiary/aromatic N) is 4. The summed E-state index contributed by atoms with van der Waals surface area (Å²) < 4.78 is 1.76. The molecule has 90 valence electrons. The van der Waals surface area contributed by atoms with Gasteiger partial charge in [0.25, 0.3) is 0 Å². The van der Waals surface area contributed by atoms with Crippen molar-refractivity contribution in [1.29, 1.82) is 0 Å². The molecule has 3 rings (SSSR count). The number of rotatable bonds is 1. The first-order valence-corrected chi connectivity index (χ1v) is 5.46. The van der Waals surface area contributed by atoms with E-state index in [1.54, 1.807) is 10.9 Å². The molecule has 2 heterocycles. The van der Waals surface area contributed by atoms with Gasteiger partial charge in [-0.15, -0.1) is 0 Å². The van der Waals surface area contributed by atoms with Gasteiger partial charge in [-0.1, -0.05) is 0 Å². The van der Waals surface area contributed by atoms with Crippen LogP contribution in [0.4, 0.5) is 5.82 Å². The van der Waals surface area contributed by atoms with E-state index in [0.717, 1.165) is 0 Å². The minimum absolute atomic E-state index is 0.204. The minimum atomic E-state index is -0.585. The van der Waals surface area contributed by atoms with Crippen LogP contribution in [0.25, 0.3) is 11.2 Å². The van der Waals surface area contributed by atoms with Crippen LogP contribution in [0.1, 0.15) is 18.9 Å². The standard InChI is InChI=1S/C10H13N5O2/c11-9-8-10(13-3-12-9)15(4-14-8)6-1-5(16)2-7(6)17/h3-7,16-17H,1-2H2,(H2,11,12,13)/t5-,6+,7+/m0/s1. The molecular formula is C10H13N5O2. The summed E-state index contributed by atoms with van der Waals surface area (Å²) in [5.41, 5.74) is 6.81. The predicted octanol–water partition coefficient (Wildman–Crippen LogP) is -0.535. The topological polar surface area (TPSA) is 110 Å². The second-order valence-electron chi connectivity index (χ2n) is 4.34. The summed E-state index contributed by atoms with van der Waals surface area (Å²) in [5, 5.41) is 19.4. The van der Waals surface area contributed by atoms with Gasteiger partial charge in [0.1, 0.15) is 11.8 Å². The molecule has 0 unspecified atom stereocenters. The van der Waals surface area contributed by atoms with Crippen molar-refractivity contribution in [2.45, 2.75) is 31.1 Å². The third kappa shape index (κ3) is 1.55. The molecular weight excluding hydrogens is 222 g/mol. The molecule has 0 radical (unpaired) electrons. The Balaban J connectivity index is 2.09. The van der Waals surface area contributed by atoms with E-state index >= 15 is 0 Å². The largest absolute Gasteiger partial charge is 0.393 e. The third-order valence-electron chi connectivity index (χ3n) is 3.22. The highest BCUT2D eigenvalue weighted by molar-refractivity contribution is 5.81. The zero-order valence-electron chi connectivity index (χ0n) is 9.06. The van der Waals surface area contributed by atoms with Crippen LogP contribution in [0.2, 0.25) is 0 Å². The van der Waals surface area contributed by atoms with E-state index in [1.807, 2.05) is 0 Å². The van der Waals surface area contributed by atoms with E-state index in [9.17, 15) is 10.2 Å². The Morgan fingerprint density at radius 3 is 2.76 bits per heavy atom. The fourth-order valence-electron chi connectivity index (χ4n) is 2.38. The van der Waals surface area contributed by atoms with Gasteiger partial charge in [-0.3, -0.25) is 0 Å². The Morgan fingerprint density at radius 2 is 2.06 bits per heavy atom. The lowest BCUT2D eigenvalue weighted by Crippen LogP contribution is -2.17. The first-order chi connectivity index (χ1) is 8.16. The summed E-state index contributed by atoms with van der Waals surface area (Å²) in [6, 6.07) is -0.204. The van der Waals surface area contributed by atoms with E-state index < -0.39 is 12.2 Å². The zero-order chi connectivity index (χ0) is 12.0. The van der Waals surface area contributed by atoms with Crippen molar-refractivity contribution in [3.63, 3.8) is 0 Å². The average Bonchev–Trinajstić information content (AvgIpc) is 2.83. The summed E-state index contributed by atoms with van der Waals surface area (Å²) in [5.74, 6) is 0.321. The van der Waals surface area contributed by atoms with Crippen molar-refractivity contribution in [3.05, 3.63) is 12.7 Å². The molecule has 4 N–H and O–H groups in total. The van der Waals surface area contributed by atoms with E-state index in [0.29, 0.717) is 29.8 Å². The molecule has 0 amide bonds. The second kappa shape index (κ2) is 3.64. The molecule has 1 fully saturated rings. The number of aliphatic hydroxyl groups excluding tert-OH is 2. The number of anilines is 1. The summed E-state index contributed by atoms with van der Waals surface area (Å²) in [6.45, 7) is 0. The quantitative estimate of drug-likeness (QED) is 0.612. The molecule has 0 aliphatic heterocycles. The Labute approximate surface area is 96.9 Å². The Bertz CT molecular complexity index is 555. The molecule has 1 aliphatic carbocycles. The lowest BCUT2D eigenvalue weighted by Gasteiger charge is -2.15. The predicted molar refractivity (Wildman–Crippen MR) is 60.0 cm³/mol. The fourth-order valence-corrected chi connectivity index (χ4v) is 2.38. The molecule has 0 aromatic carbocycles. The van der Waals surface area contributed by atoms with Crippen LogP contribution in [0, 0.1) is 0 Å². The molecule has 0 saturated heterocycles. The van der Waals surface area contributed by atoms with Gasteiger partial charge in [0.05, 0.1) is 24.6 Å². The molecule has 1 saturated carbocycles. The smallest absolute Gasteiger partial charge is 0.165 e. The normalized spacial score (nSPS) is 28.9. The van der Waals surface area contributed by atoms with Crippen molar-refractivity contribution in [2.24, 2.45) is 0 Å². The van der Waals surface area contributed by atoms with Crippen LogP contribution < -0.4 is 5.73 Å². The number of nitrogen functional groups attached to an aromatic ring is 1. The maximum absolute atomic E-state index is 9.88. The van der Waals surface area contributed by atoms with E-state index in [2.05, 4.69) is 15.0 Å². The number of aromatic nitrogens is 4. The van der Waals surface area contributed by atoms with Gasteiger partial charge in [0.15, 0.2) is 11.5 Å². The molecule has 3 atom stereocenters. The average molecular weight is 235 g/mol. The van der Waals surface area contributed by atoms with Gasteiger partial charge >= 0.3 is 0 Å². The van der Waals surface area contributed by atoms with Crippen LogP contribution in [0.15, 0.2) is 12.7 Å². The Kier molecular flexibility index (Phi) is 2.23. The molecule has 1 aliphatic rings. The SMILES string of the molecule is Nc1ncnc2c1ncn2[C@@H]1C[C@H](O)C[C@H]1O. The number of hydrogen-bond donors (Lipinski definition) is 3. The number of nitrogens with two attached hydrogens (primary N) is 1. The van der Waals surface area contributed by atoms with Gasteiger partial charge < -0.3 is 20.5 Å². The summed E-state index contributed by atoms with van der Waals surface area (Å²) in [6.07, 6.45) is 2.77. The minimum Gasteiger partial charge on any atom is -0.393 e. The van der Waals surface area contributed by atoms with Crippen molar-refractivity contribution in [2.75, 3.05) is 5.73 Å². The van der Waals surface area contributed by atoms with E-state index in [-0.39, 0.29) is 6.04 Å². The third-order valence-corrected chi connectivity index (χ3v) is 3.22. The zero-order valence-corrected chi connectivity index (χ0v) is 9.06. The summed E-state index contributed by atoms with van der Waals surface area (Å²) in [7, 11) is 0. The first kappa shape index (κ1) is 10.4. The maximum Gasteiger partial charge on any atom is 0.165 e. The molecule has 0 spiro atoms. The Morgan fingerprint density at radius 1 is 1.24 bits per heavy atom. The molecule has 2 aromatic rings. The van der Waals surface area contributed by atoms with Gasteiger partial charge in [0.2, 0.25) is 0 Å². The van der Waals surface area contributed by atoms with Gasteiger partial charge in [-0.2, -0.15) is 0 Å². The first-order valence-electron chi connectivity index (χ1n) is 5.46. The monoisotopic (exact) mass is 235 g/mol. The molecule has 17 heavy (non-hydrogen) atoms. The molecule has 0 bridgehead atoms. The summed E-state index contributed by atoms with van der Waals surface area (Å²) in [4.78, 5) is 12.1. The number of aliphatic hydroxyl groups is 2. The second-order valence-corrected chi connectivity index (χ2v) is 4.34. The van der Waals surface area contributed by atoms with Gasteiger partial charge in [0, 0.05) is 6.42 Å². The molecule has 2 aromatic heterocycles. The Hall–Kier alpha value is -1.73. The van der Waals surface area contributed by atoms with Gasteiger partial charge in [-0.05, 0) is 6.42 Å². The van der Waals surface area contributed by atoms with Crippen LogP contribution in [-0.2, 0) is 0 Å². The maximum atomic E-state index is 9.88. The highest BCUT2D eigenvalue weighted by Gasteiger charge is 2.34. The molecule has 7 heteroatoms. The number of imidazole rings is 1. The molecule has 7 nitrogen and oxygen atoms in total. The number of fused-ring (bicyclic) bond motifs is 1. The van der Waals surface area contributed by atoms with E-state index in [4.69, 9.17) is 5.73 Å². The van der Waals surface area contributed by atoms with Crippen molar-refractivity contribution in [1.82, 2.24) is 19.5 Å². The highest BCUT2D eigenvalue weighted by Crippen LogP contribution is 2.32. The van der Waals surface area contributed by atoms with Crippen LogP contribution >= 0.6 is 0 Å². The number of hydrogen-bond acceptors (Lipinski definition) is 6. The van der Waals surface area contributed by atoms with Crippen LogP contribution in [0.3, 0.4) is 0 Å². The lowest BCUT2D eigenvalue weighted by molar-refractivity contribution is 0.122. The highest BCUT2D eigenvalue weighted by atomic mass is 16.3. The van der Waals surface area contributed by atoms with Crippen molar-refractivity contribution < 1.29 is 10.2 Å².